The Morgan fingerprint density at radius 1 is 1.09 bits per heavy atom. The highest BCUT2D eigenvalue weighted by molar-refractivity contribution is 7.15. The van der Waals surface area contributed by atoms with Crippen molar-refractivity contribution in [1.29, 1.82) is 0 Å². The van der Waals surface area contributed by atoms with Gasteiger partial charge in [-0.05, 0) is 42.7 Å². The summed E-state index contributed by atoms with van der Waals surface area (Å²) in [6, 6.07) is 15.6. The summed E-state index contributed by atoms with van der Waals surface area (Å²) in [4.78, 5) is 32.1. The lowest BCUT2D eigenvalue weighted by Crippen LogP contribution is -2.43. The molecule has 0 bridgehead atoms. The van der Waals surface area contributed by atoms with Gasteiger partial charge in [0.1, 0.15) is 11.6 Å². The summed E-state index contributed by atoms with van der Waals surface area (Å²) in [6.45, 7) is 1.06. The molecule has 0 radical (unpaired) electrons. The molecule has 0 spiro atoms. The first-order chi connectivity index (χ1) is 15.6. The zero-order chi connectivity index (χ0) is 22.3. The first kappa shape index (κ1) is 22.0. The van der Waals surface area contributed by atoms with Crippen molar-refractivity contribution in [3.63, 3.8) is 0 Å². The number of hydrogen-bond acceptors (Lipinski definition) is 5. The van der Waals surface area contributed by atoms with E-state index in [0.717, 1.165) is 10.4 Å². The van der Waals surface area contributed by atoms with E-state index in [1.807, 2.05) is 30.3 Å². The lowest BCUT2D eigenvalue weighted by Gasteiger charge is -2.31. The monoisotopic (exact) mass is 453 g/mol. The van der Waals surface area contributed by atoms with Gasteiger partial charge in [0.15, 0.2) is 11.7 Å². The predicted octanol–water partition coefficient (Wildman–Crippen LogP) is 4.13. The molecule has 1 aromatic heterocycles. The van der Waals surface area contributed by atoms with E-state index in [0.29, 0.717) is 43.2 Å². The summed E-state index contributed by atoms with van der Waals surface area (Å²) in [7, 11) is 0. The quantitative estimate of drug-likeness (QED) is 0.584. The number of anilines is 1. The number of thiazole rings is 1. The van der Waals surface area contributed by atoms with Crippen molar-refractivity contribution >= 4 is 28.3 Å². The Morgan fingerprint density at radius 3 is 2.53 bits per heavy atom. The third kappa shape index (κ3) is 5.91. The van der Waals surface area contributed by atoms with Crippen LogP contribution in [0.2, 0.25) is 0 Å². The van der Waals surface area contributed by atoms with Crippen molar-refractivity contribution in [3.8, 4) is 5.75 Å². The second-order valence-corrected chi connectivity index (χ2v) is 8.80. The molecule has 32 heavy (non-hydrogen) atoms. The van der Waals surface area contributed by atoms with E-state index in [1.165, 1.54) is 23.5 Å². The summed E-state index contributed by atoms with van der Waals surface area (Å²) >= 11 is 1.42. The summed E-state index contributed by atoms with van der Waals surface area (Å²) < 4.78 is 18.6. The van der Waals surface area contributed by atoms with Crippen molar-refractivity contribution in [3.05, 3.63) is 77.1 Å². The van der Waals surface area contributed by atoms with Crippen molar-refractivity contribution in [1.82, 2.24) is 9.88 Å². The molecular weight excluding hydrogens is 429 g/mol. The second kappa shape index (κ2) is 10.4. The van der Waals surface area contributed by atoms with Crippen LogP contribution in [0.5, 0.6) is 5.75 Å². The Hall–Kier alpha value is -3.26. The smallest absolute Gasteiger partial charge is 0.260 e. The second-order valence-electron chi connectivity index (χ2n) is 7.68. The van der Waals surface area contributed by atoms with Gasteiger partial charge in [0.25, 0.3) is 5.91 Å². The molecule has 8 heteroatoms. The maximum Gasteiger partial charge on any atom is 0.260 e. The number of aromatic nitrogens is 1. The van der Waals surface area contributed by atoms with Gasteiger partial charge in [0.05, 0.1) is 0 Å². The fraction of sp³-hybridized carbons (Fsp3) is 0.292. The van der Waals surface area contributed by atoms with E-state index in [4.69, 9.17) is 4.74 Å². The highest BCUT2D eigenvalue weighted by Gasteiger charge is 2.28. The number of amides is 2. The van der Waals surface area contributed by atoms with Crippen LogP contribution in [0.3, 0.4) is 0 Å². The SMILES string of the molecule is O=C(Nc1ncc(Cc2ccc(F)cc2)s1)C1CCN(C(=O)COc2ccccc2)CC1. The number of halogens is 1. The maximum absolute atomic E-state index is 13.0. The number of piperidine rings is 1. The van der Waals surface area contributed by atoms with Crippen LogP contribution in [0.25, 0.3) is 0 Å². The van der Waals surface area contributed by atoms with E-state index in [9.17, 15) is 14.0 Å². The average Bonchev–Trinajstić information content (AvgIpc) is 3.26. The molecule has 3 aromatic rings. The molecule has 1 aliphatic rings. The zero-order valence-electron chi connectivity index (χ0n) is 17.5. The summed E-state index contributed by atoms with van der Waals surface area (Å²) in [5.74, 6) is 0.108. The highest BCUT2D eigenvalue weighted by Crippen LogP contribution is 2.24. The lowest BCUT2D eigenvalue weighted by atomic mass is 9.96. The Bertz CT molecular complexity index is 1050. The molecule has 166 valence electrons. The summed E-state index contributed by atoms with van der Waals surface area (Å²) in [6.07, 6.45) is 3.59. The minimum absolute atomic E-state index is 0.00315. The van der Waals surface area contributed by atoms with Crippen molar-refractivity contribution in [2.45, 2.75) is 19.3 Å². The standard InChI is InChI=1S/C24H24FN3O3S/c25-19-8-6-17(7-9-19)14-21-15-26-24(32-21)27-23(30)18-10-12-28(13-11-18)22(29)16-31-20-4-2-1-3-5-20/h1-9,15,18H,10-14,16H2,(H,26,27,30). The first-order valence-corrected chi connectivity index (χ1v) is 11.3. The van der Waals surface area contributed by atoms with E-state index in [-0.39, 0.29) is 30.2 Å². The number of likely N-dealkylation sites (tertiary alicyclic amines) is 1. The molecule has 0 unspecified atom stereocenters. The van der Waals surface area contributed by atoms with Gasteiger partial charge in [-0.2, -0.15) is 0 Å². The molecule has 1 aliphatic heterocycles. The van der Waals surface area contributed by atoms with Crippen molar-refractivity contribution in [2.75, 3.05) is 25.0 Å². The average molecular weight is 454 g/mol. The van der Waals surface area contributed by atoms with Gasteiger partial charge in [0.2, 0.25) is 5.91 Å². The van der Waals surface area contributed by atoms with E-state index >= 15 is 0 Å². The van der Waals surface area contributed by atoms with E-state index < -0.39 is 0 Å². The number of rotatable bonds is 7. The molecule has 2 amide bonds. The van der Waals surface area contributed by atoms with Crippen LogP contribution in [0.15, 0.2) is 60.8 Å². The highest BCUT2D eigenvalue weighted by atomic mass is 32.1. The Labute approximate surface area is 190 Å². The predicted molar refractivity (Wildman–Crippen MR) is 121 cm³/mol. The van der Waals surface area contributed by atoms with E-state index in [2.05, 4.69) is 10.3 Å². The number of benzene rings is 2. The summed E-state index contributed by atoms with van der Waals surface area (Å²) in [5, 5.41) is 3.46. The number of hydrogen-bond donors (Lipinski definition) is 1. The van der Waals surface area contributed by atoms with E-state index in [1.54, 1.807) is 23.2 Å². The molecule has 1 saturated heterocycles. The van der Waals surface area contributed by atoms with Crippen LogP contribution in [-0.2, 0) is 16.0 Å². The number of nitrogens with one attached hydrogen (secondary N) is 1. The van der Waals surface area contributed by atoms with Crippen LogP contribution in [0.4, 0.5) is 9.52 Å². The molecule has 1 N–H and O–H groups in total. The molecule has 1 fully saturated rings. The third-order valence-corrected chi connectivity index (χ3v) is 6.31. The first-order valence-electron chi connectivity index (χ1n) is 10.5. The largest absolute Gasteiger partial charge is 0.484 e. The van der Waals surface area contributed by atoms with Gasteiger partial charge < -0.3 is 15.0 Å². The van der Waals surface area contributed by atoms with Gasteiger partial charge in [-0.1, -0.05) is 30.3 Å². The van der Waals surface area contributed by atoms with Gasteiger partial charge >= 0.3 is 0 Å². The molecule has 0 aliphatic carbocycles. The molecule has 0 atom stereocenters. The lowest BCUT2D eigenvalue weighted by molar-refractivity contribution is -0.136. The third-order valence-electron chi connectivity index (χ3n) is 5.40. The molecule has 6 nitrogen and oxygen atoms in total. The van der Waals surface area contributed by atoms with Crippen LogP contribution < -0.4 is 10.1 Å². The van der Waals surface area contributed by atoms with Crippen LogP contribution in [-0.4, -0.2) is 41.4 Å². The van der Waals surface area contributed by atoms with Crippen molar-refractivity contribution < 1.29 is 18.7 Å². The molecular formula is C24H24FN3O3S. The molecule has 2 heterocycles. The minimum Gasteiger partial charge on any atom is -0.484 e. The molecule has 0 saturated carbocycles. The molecule has 2 aromatic carbocycles. The number of para-hydroxylation sites is 1. The summed E-state index contributed by atoms with van der Waals surface area (Å²) in [5.41, 5.74) is 0.987. The number of carbonyl (C=O) groups is 2. The fourth-order valence-corrected chi connectivity index (χ4v) is 4.45. The van der Waals surface area contributed by atoms with Crippen molar-refractivity contribution in [2.24, 2.45) is 5.92 Å². The van der Waals surface area contributed by atoms with Crippen LogP contribution >= 0.6 is 11.3 Å². The zero-order valence-corrected chi connectivity index (χ0v) is 18.3. The molecule has 4 rings (SSSR count). The number of ether oxygens (including phenoxy) is 1. The normalized spacial score (nSPS) is 14.2. The van der Waals surface area contributed by atoms with Crippen LogP contribution in [0.1, 0.15) is 23.3 Å². The van der Waals surface area contributed by atoms with Gasteiger partial charge in [-0.25, -0.2) is 9.37 Å². The fourth-order valence-electron chi connectivity index (χ4n) is 3.60. The van der Waals surface area contributed by atoms with Gasteiger partial charge in [0, 0.05) is 36.5 Å². The minimum atomic E-state index is -0.262. The Morgan fingerprint density at radius 2 is 1.81 bits per heavy atom. The Balaban J connectivity index is 1.22. The number of nitrogens with zero attached hydrogens (tertiary/aromatic N) is 2. The Kier molecular flexibility index (Phi) is 7.11. The number of carbonyl (C=O) groups excluding carboxylic acids is 2. The maximum atomic E-state index is 13.0. The topological polar surface area (TPSA) is 71.5 Å². The van der Waals surface area contributed by atoms with Crippen LogP contribution in [0, 0.1) is 11.7 Å². The van der Waals surface area contributed by atoms with Gasteiger partial charge in [-0.15, -0.1) is 11.3 Å². The van der Waals surface area contributed by atoms with Gasteiger partial charge in [-0.3, -0.25) is 9.59 Å².